The minimum Gasteiger partial charge on any atom is -0.369 e. The summed E-state index contributed by atoms with van der Waals surface area (Å²) >= 11 is 0. The van der Waals surface area contributed by atoms with E-state index in [1.807, 2.05) is 18.2 Å². The van der Waals surface area contributed by atoms with Gasteiger partial charge in [-0.3, -0.25) is 14.5 Å². The molecule has 35 heavy (non-hydrogen) atoms. The third-order valence-electron chi connectivity index (χ3n) is 7.65. The summed E-state index contributed by atoms with van der Waals surface area (Å²) in [6.45, 7) is 11.0. The van der Waals surface area contributed by atoms with Crippen molar-refractivity contribution in [3.05, 3.63) is 53.1 Å². The molecule has 0 aromatic heterocycles. The van der Waals surface area contributed by atoms with Crippen molar-refractivity contribution in [3.8, 4) is 0 Å². The quantitative estimate of drug-likeness (QED) is 0.626. The van der Waals surface area contributed by atoms with E-state index in [9.17, 15) is 9.59 Å². The topological polar surface area (TPSA) is 67.9 Å². The van der Waals surface area contributed by atoms with Gasteiger partial charge in [0.2, 0.25) is 5.91 Å². The van der Waals surface area contributed by atoms with Crippen LogP contribution < -0.4 is 20.4 Å². The van der Waals surface area contributed by atoms with Crippen LogP contribution in [-0.2, 0) is 4.79 Å². The molecule has 0 bridgehead atoms. The standard InChI is InChI=1S/C28H37N5O2/c1-20-7-8-21(2)26(18-20)32-16-14-31(15-17-32)12-5-11-29-27(34)22-9-10-24-23(19-22)30-28(35)25-6-3-4-13-33(24)25/h7-10,18-19,25H,3-6,11-17H2,1-2H3,(H,29,34)(H,30,35)/t25-/m0/s1. The highest BCUT2D eigenvalue weighted by Crippen LogP contribution is 2.36. The van der Waals surface area contributed by atoms with Crippen LogP contribution in [-0.4, -0.2) is 68.6 Å². The number of rotatable bonds is 6. The molecule has 0 saturated carbocycles. The van der Waals surface area contributed by atoms with Crippen molar-refractivity contribution in [2.45, 2.75) is 45.6 Å². The molecule has 7 heteroatoms. The molecule has 3 aliphatic heterocycles. The maximum atomic E-state index is 12.7. The SMILES string of the molecule is Cc1ccc(C)c(N2CCN(CCCNC(=O)c3ccc4c(c3)NC(=O)[C@@H]3CCCCN43)CC2)c1. The van der Waals surface area contributed by atoms with Crippen molar-refractivity contribution in [3.63, 3.8) is 0 Å². The third-order valence-corrected chi connectivity index (χ3v) is 7.65. The number of nitrogens with zero attached hydrogens (tertiary/aromatic N) is 3. The van der Waals surface area contributed by atoms with Crippen LogP contribution >= 0.6 is 0 Å². The lowest BCUT2D eigenvalue weighted by molar-refractivity contribution is -0.118. The Balaban J connectivity index is 1.08. The van der Waals surface area contributed by atoms with Crippen molar-refractivity contribution >= 4 is 28.9 Å². The summed E-state index contributed by atoms with van der Waals surface area (Å²) in [4.78, 5) is 32.4. The van der Waals surface area contributed by atoms with Gasteiger partial charge in [-0.25, -0.2) is 0 Å². The number of piperidine rings is 1. The summed E-state index contributed by atoms with van der Waals surface area (Å²) in [6, 6.07) is 12.3. The number of anilines is 3. The van der Waals surface area contributed by atoms with E-state index in [4.69, 9.17) is 0 Å². The zero-order valence-electron chi connectivity index (χ0n) is 21.0. The van der Waals surface area contributed by atoms with Gasteiger partial charge in [0.1, 0.15) is 6.04 Å². The van der Waals surface area contributed by atoms with E-state index in [1.54, 1.807) is 0 Å². The number of piperazine rings is 1. The highest BCUT2D eigenvalue weighted by Gasteiger charge is 2.34. The highest BCUT2D eigenvalue weighted by atomic mass is 16.2. The van der Waals surface area contributed by atoms with Gasteiger partial charge in [-0.2, -0.15) is 0 Å². The van der Waals surface area contributed by atoms with Crippen LogP contribution in [0.2, 0.25) is 0 Å². The molecule has 1 atom stereocenters. The predicted octanol–water partition coefficient (Wildman–Crippen LogP) is 3.56. The lowest BCUT2D eigenvalue weighted by Gasteiger charge is -2.41. The molecule has 2 saturated heterocycles. The molecule has 0 spiro atoms. The Kier molecular flexibility index (Phi) is 6.95. The van der Waals surface area contributed by atoms with Crippen molar-refractivity contribution in [1.29, 1.82) is 0 Å². The Hall–Kier alpha value is -3.06. The monoisotopic (exact) mass is 475 g/mol. The fourth-order valence-corrected chi connectivity index (χ4v) is 5.62. The van der Waals surface area contributed by atoms with Crippen LogP contribution in [0.4, 0.5) is 17.1 Å². The van der Waals surface area contributed by atoms with Gasteiger partial charge in [0.05, 0.1) is 11.4 Å². The van der Waals surface area contributed by atoms with Gasteiger partial charge in [-0.15, -0.1) is 0 Å². The largest absolute Gasteiger partial charge is 0.369 e. The summed E-state index contributed by atoms with van der Waals surface area (Å²) in [5.74, 6) is -0.0324. The van der Waals surface area contributed by atoms with Crippen molar-refractivity contribution in [2.75, 3.05) is 60.9 Å². The van der Waals surface area contributed by atoms with Gasteiger partial charge in [-0.1, -0.05) is 12.1 Å². The molecular weight excluding hydrogens is 438 g/mol. The lowest BCUT2D eigenvalue weighted by Crippen LogP contribution is -2.50. The van der Waals surface area contributed by atoms with E-state index in [-0.39, 0.29) is 17.9 Å². The molecule has 2 amide bonds. The van der Waals surface area contributed by atoms with E-state index in [1.165, 1.54) is 16.8 Å². The first-order chi connectivity index (χ1) is 17.0. The van der Waals surface area contributed by atoms with E-state index < -0.39 is 0 Å². The molecule has 0 radical (unpaired) electrons. The number of amides is 2. The van der Waals surface area contributed by atoms with E-state index >= 15 is 0 Å². The lowest BCUT2D eigenvalue weighted by atomic mass is 9.97. The maximum absolute atomic E-state index is 12.7. The number of benzene rings is 2. The molecule has 186 valence electrons. The fraction of sp³-hybridized carbons (Fsp3) is 0.500. The second-order valence-corrected chi connectivity index (χ2v) is 10.2. The molecule has 7 nitrogen and oxygen atoms in total. The molecule has 3 aliphatic rings. The first-order valence-corrected chi connectivity index (χ1v) is 13.0. The van der Waals surface area contributed by atoms with Crippen LogP contribution in [0.25, 0.3) is 0 Å². The minimum atomic E-state index is -0.0810. The molecule has 5 rings (SSSR count). The molecule has 0 unspecified atom stereocenters. The van der Waals surface area contributed by atoms with Crippen molar-refractivity contribution in [1.82, 2.24) is 10.2 Å². The highest BCUT2D eigenvalue weighted by molar-refractivity contribution is 6.05. The summed E-state index contributed by atoms with van der Waals surface area (Å²) in [6.07, 6.45) is 4.01. The summed E-state index contributed by atoms with van der Waals surface area (Å²) in [7, 11) is 0. The molecule has 3 heterocycles. The van der Waals surface area contributed by atoms with Crippen LogP contribution in [0.1, 0.15) is 47.2 Å². The van der Waals surface area contributed by atoms with E-state index in [0.717, 1.165) is 76.3 Å². The predicted molar refractivity (Wildman–Crippen MR) is 142 cm³/mol. The maximum Gasteiger partial charge on any atom is 0.251 e. The van der Waals surface area contributed by atoms with E-state index in [0.29, 0.717) is 12.1 Å². The second kappa shape index (κ2) is 10.3. The molecule has 2 fully saturated rings. The first kappa shape index (κ1) is 23.7. The smallest absolute Gasteiger partial charge is 0.251 e. The van der Waals surface area contributed by atoms with Crippen LogP contribution in [0.3, 0.4) is 0 Å². The summed E-state index contributed by atoms with van der Waals surface area (Å²) in [5.41, 5.74) is 6.38. The molecular formula is C28H37N5O2. The number of carbonyl (C=O) groups is 2. The molecule has 2 aromatic rings. The van der Waals surface area contributed by atoms with Crippen LogP contribution in [0.5, 0.6) is 0 Å². The number of carbonyl (C=O) groups excluding carboxylic acids is 2. The first-order valence-electron chi connectivity index (χ1n) is 13.0. The van der Waals surface area contributed by atoms with Crippen LogP contribution in [0, 0.1) is 13.8 Å². The third kappa shape index (κ3) is 5.15. The molecule has 0 aliphatic carbocycles. The normalized spacial score (nSPS) is 20.2. The average Bonchev–Trinajstić information content (AvgIpc) is 2.88. The van der Waals surface area contributed by atoms with Gasteiger partial charge in [0.15, 0.2) is 0 Å². The van der Waals surface area contributed by atoms with Crippen molar-refractivity contribution < 1.29 is 9.59 Å². The Morgan fingerprint density at radius 1 is 1.00 bits per heavy atom. The van der Waals surface area contributed by atoms with Gasteiger partial charge in [0.25, 0.3) is 5.91 Å². The summed E-state index contributed by atoms with van der Waals surface area (Å²) in [5, 5.41) is 6.07. The minimum absolute atomic E-state index is 0.0485. The molecule has 2 aromatic carbocycles. The Morgan fingerprint density at radius 3 is 2.66 bits per heavy atom. The van der Waals surface area contributed by atoms with E-state index in [2.05, 4.69) is 57.4 Å². The molecule has 2 N–H and O–H groups in total. The second-order valence-electron chi connectivity index (χ2n) is 10.2. The number of nitrogens with one attached hydrogen (secondary N) is 2. The number of aryl methyl sites for hydroxylation is 2. The number of hydrogen-bond acceptors (Lipinski definition) is 5. The Labute approximate surface area is 208 Å². The zero-order chi connectivity index (χ0) is 24.4. The van der Waals surface area contributed by atoms with Gasteiger partial charge in [0, 0.05) is 50.5 Å². The van der Waals surface area contributed by atoms with Gasteiger partial charge >= 0.3 is 0 Å². The van der Waals surface area contributed by atoms with Crippen molar-refractivity contribution in [2.24, 2.45) is 0 Å². The Bertz CT molecular complexity index is 1090. The van der Waals surface area contributed by atoms with Gasteiger partial charge in [-0.05, 0) is 81.5 Å². The fourth-order valence-electron chi connectivity index (χ4n) is 5.62. The summed E-state index contributed by atoms with van der Waals surface area (Å²) < 4.78 is 0. The number of hydrogen-bond donors (Lipinski definition) is 2. The van der Waals surface area contributed by atoms with Gasteiger partial charge < -0.3 is 20.4 Å². The number of fused-ring (bicyclic) bond motifs is 3. The van der Waals surface area contributed by atoms with Crippen LogP contribution in [0.15, 0.2) is 36.4 Å². The average molecular weight is 476 g/mol. The Morgan fingerprint density at radius 2 is 1.83 bits per heavy atom. The zero-order valence-corrected chi connectivity index (χ0v) is 21.0.